The zero-order valence-electron chi connectivity index (χ0n) is 12.8. The molecule has 0 saturated carbocycles. The van der Waals surface area contributed by atoms with E-state index in [9.17, 15) is 5.11 Å². The number of anilines is 1. The molecule has 0 amide bonds. The third-order valence-corrected chi connectivity index (χ3v) is 4.55. The number of fused-ring (bicyclic) bond motifs is 1. The van der Waals surface area contributed by atoms with E-state index in [1.165, 1.54) is 11.3 Å². The third kappa shape index (κ3) is 2.86. The van der Waals surface area contributed by atoms with Crippen molar-refractivity contribution in [2.24, 2.45) is 0 Å². The molecule has 0 saturated heterocycles. The molecule has 6 nitrogen and oxygen atoms in total. The van der Waals surface area contributed by atoms with Crippen LogP contribution in [-0.4, -0.2) is 24.7 Å². The molecule has 0 atom stereocenters. The molecule has 3 heterocycles. The number of rotatable bonds is 5. The summed E-state index contributed by atoms with van der Waals surface area (Å²) in [6.45, 7) is 0.664. The average molecular weight is 337 g/mol. The lowest BCUT2D eigenvalue weighted by molar-refractivity contribution is 0.282. The van der Waals surface area contributed by atoms with Gasteiger partial charge in [-0.3, -0.25) is 4.98 Å². The summed E-state index contributed by atoms with van der Waals surface area (Å²) in [5, 5.41) is 18.1. The monoisotopic (exact) mass is 337 g/mol. The molecule has 120 valence electrons. The summed E-state index contributed by atoms with van der Waals surface area (Å²) in [4.78, 5) is 9.53. The molecule has 0 unspecified atom stereocenters. The molecule has 1 aromatic carbocycles. The second kappa shape index (κ2) is 6.38. The minimum Gasteiger partial charge on any atom is -0.392 e. The Kier molecular flexibility index (Phi) is 3.94. The lowest BCUT2D eigenvalue weighted by Gasteiger charge is -2.03. The minimum atomic E-state index is -0.00725. The first-order valence-electron chi connectivity index (χ1n) is 7.51. The standard InChI is InChI=1S/C17H15N5OS/c23-11-13-5-1-2-6-14(13)15-10-22-17(20-15)24-16(21-22)19-9-12-4-3-7-18-8-12/h1-8,10,23H,9,11H2,(H,19,21). The molecule has 4 aromatic rings. The van der Waals surface area contributed by atoms with E-state index in [-0.39, 0.29) is 6.61 Å². The SMILES string of the molecule is OCc1ccccc1-c1cn2nc(NCc3cccnc3)sc2n1. The third-order valence-electron chi connectivity index (χ3n) is 3.67. The zero-order chi connectivity index (χ0) is 16.4. The fourth-order valence-corrected chi connectivity index (χ4v) is 3.27. The normalized spacial score (nSPS) is 11.0. The Morgan fingerprint density at radius 3 is 2.88 bits per heavy atom. The summed E-state index contributed by atoms with van der Waals surface area (Å²) in [5.41, 5.74) is 3.71. The van der Waals surface area contributed by atoms with Gasteiger partial charge in [-0.25, -0.2) is 9.50 Å². The number of nitrogens with one attached hydrogen (secondary N) is 1. The molecule has 7 heteroatoms. The first-order valence-corrected chi connectivity index (χ1v) is 8.33. The molecule has 0 spiro atoms. The lowest BCUT2D eigenvalue weighted by atomic mass is 10.1. The van der Waals surface area contributed by atoms with E-state index in [1.54, 1.807) is 10.7 Å². The lowest BCUT2D eigenvalue weighted by Crippen LogP contribution is -1.99. The van der Waals surface area contributed by atoms with Crippen LogP contribution in [0.4, 0.5) is 5.13 Å². The highest BCUT2D eigenvalue weighted by molar-refractivity contribution is 7.20. The molecule has 0 radical (unpaired) electrons. The number of hydrogen-bond donors (Lipinski definition) is 2. The number of aliphatic hydroxyl groups is 1. The van der Waals surface area contributed by atoms with Crippen LogP contribution in [0.2, 0.25) is 0 Å². The van der Waals surface area contributed by atoms with Crippen LogP contribution in [-0.2, 0) is 13.2 Å². The van der Waals surface area contributed by atoms with Crippen molar-refractivity contribution < 1.29 is 5.11 Å². The minimum absolute atomic E-state index is 0.00725. The van der Waals surface area contributed by atoms with Crippen LogP contribution < -0.4 is 5.32 Å². The van der Waals surface area contributed by atoms with Gasteiger partial charge in [0.05, 0.1) is 18.5 Å². The number of hydrogen-bond acceptors (Lipinski definition) is 6. The van der Waals surface area contributed by atoms with Gasteiger partial charge in [0.1, 0.15) is 0 Å². The molecule has 0 aliphatic rings. The Labute approximate surface area is 142 Å². The van der Waals surface area contributed by atoms with E-state index in [1.807, 2.05) is 48.8 Å². The van der Waals surface area contributed by atoms with Gasteiger partial charge in [-0.05, 0) is 17.2 Å². The summed E-state index contributed by atoms with van der Waals surface area (Å²) >= 11 is 1.49. The first-order chi connectivity index (χ1) is 11.8. The Balaban J connectivity index is 1.57. The maximum Gasteiger partial charge on any atom is 0.214 e. The largest absolute Gasteiger partial charge is 0.392 e. The van der Waals surface area contributed by atoms with Crippen LogP contribution in [0.5, 0.6) is 0 Å². The number of aromatic nitrogens is 4. The van der Waals surface area contributed by atoms with Crippen molar-refractivity contribution in [3.8, 4) is 11.3 Å². The van der Waals surface area contributed by atoms with Crippen LogP contribution in [0.1, 0.15) is 11.1 Å². The number of pyridine rings is 1. The first kappa shape index (κ1) is 14.8. The highest BCUT2D eigenvalue weighted by atomic mass is 32.1. The van der Waals surface area contributed by atoms with Crippen molar-refractivity contribution in [2.75, 3.05) is 5.32 Å². The topological polar surface area (TPSA) is 75.3 Å². The Morgan fingerprint density at radius 2 is 2.08 bits per heavy atom. The van der Waals surface area contributed by atoms with Crippen molar-refractivity contribution in [2.45, 2.75) is 13.2 Å². The second-order valence-corrected chi connectivity index (χ2v) is 6.25. The zero-order valence-corrected chi connectivity index (χ0v) is 13.6. The van der Waals surface area contributed by atoms with Gasteiger partial charge in [-0.1, -0.05) is 41.7 Å². The van der Waals surface area contributed by atoms with Crippen LogP contribution in [0, 0.1) is 0 Å². The van der Waals surface area contributed by atoms with Gasteiger partial charge in [0.2, 0.25) is 10.1 Å². The summed E-state index contributed by atoms with van der Waals surface area (Å²) in [6.07, 6.45) is 5.47. The molecule has 4 rings (SSSR count). The molecular weight excluding hydrogens is 322 g/mol. The Hall–Kier alpha value is -2.77. The van der Waals surface area contributed by atoms with E-state index in [4.69, 9.17) is 0 Å². The van der Waals surface area contributed by atoms with E-state index < -0.39 is 0 Å². The number of aliphatic hydroxyl groups excluding tert-OH is 1. The van der Waals surface area contributed by atoms with Crippen molar-refractivity contribution in [1.82, 2.24) is 19.6 Å². The predicted molar refractivity (Wildman–Crippen MR) is 93.8 cm³/mol. The van der Waals surface area contributed by atoms with Gasteiger partial charge < -0.3 is 10.4 Å². The van der Waals surface area contributed by atoms with Gasteiger partial charge in [0, 0.05) is 24.5 Å². The quantitative estimate of drug-likeness (QED) is 0.585. The summed E-state index contributed by atoms with van der Waals surface area (Å²) < 4.78 is 1.76. The molecule has 0 bridgehead atoms. The average Bonchev–Trinajstić information content (AvgIpc) is 3.19. The van der Waals surface area contributed by atoms with Gasteiger partial charge in [0.25, 0.3) is 0 Å². The Morgan fingerprint density at radius 1 is 1.17 bits per heavy atom. The van der Waals surface area contributed by atoms with Crippen LogP contribution in [0.25, 0.3) is 16.2 Å². The van der Waals surface area contributed by atoms with Gasteiger partial charge in [-0.15, -0.1) is 5.10 Å². The molecule has 0 aliphatic heterocycles. The van der Waals surface area contributed by atoms with E-state index in [0.717, 1.165) is 32.5 Å². The number of imidazole rings is 1. The second-order valence-electron chi connectivity index (χ2n) is 5.29. The molecular formula is C17H15N5OS. The number of nitrogens with zero attached hydrogens (tertiary/aromatic N) is 4. The van der Waals surface area contributed by atoms with E-state index in [0.29, 0.717) is 6.54 Å². The maximum absolute atomic E-state index is 9.46. The fourth-order valence-electron chi connectivity index (χ4n) is 2.49. The highest BCUT2D eigenvalue weighted by Crippen LogP contribution is 2.27. The smallest absolute Gasteiger partial charge is 0.214 e. The molecule has 3 aromatic heterocycles. The molecule has 2 N–H and O–H groups in total. The van der Waals surface area contributed by atoms with Crippen LogP contribution in [0.15, 0.2) is 55.0 Å². The summed E-state index contributed by atoms with van der Waals surface area (Å²) in [7, 11) is 0. The van der Waals surface area contributed by atoms with Crippen molar-refractivity contribution in [3.63, 3.8) is 0 Å². The maximum atomic E-state index is 9.46. The Bertz CT molecular complexity index is 932. The molecule has 0 aliphatic carbocycles. The highest BCUT2D eigenvalue weighted by Gasteiger charge is 2.12. The van der Waals surface area contributed by atoms with Crippen molar-refractivity contribution >= 4 is 21.4 Å². The van der Waals surface area contributed by atoms with Crippen molar-refractivity contribution in [1.29, 1.82) is 0 Å². The molecule has 0 fully saturated rings. The molecule has 24 heavy (non-hydrogen) atoms. The fraction of sp³-hybridized carbons (Fsp3) is 0.118. The van der Waals surface area contributed by atoms with Gasteiger partial charge in [0.15, 0.2) is 0 Å². The van der Waals surface area contributed by atoms with Gasteiger partial charge in [-0.2, -0.15) is 0 Å². The van der Waals surface area contributed by atoms with Crippen LogP contribution in [0.3, 0.4) is 0 Å². The van der Waals surface area contributed by atoms with Crippen LogP contribution >= 0.6 is 11.3 Å². The van der Waals surface area contributed by atoms with Gasteiger partial charge >= 0.3 is 0 Å². The number of benzene rings is 1. The van der Waals surface area contributed by atoms with E-state index in [2.05, 4.69) is 20.4 Å². The van der Waals surface area contributed by atoms with Crippen molar-refractivity contribution in [3.05, 3.63) is 66.1 Å². The van der Waals surface area contributed by atoms with E-state index >= 15 is 0 Å². The summed E-state index contributed by atoms with van der Waals surface area (Å²) in [6, 6.07) is 11.6. The predicted octanol–water partition coefficient (Wildman–Crippen LogP) is 2.96. The summed E-state index contributed by atoms with van der Waals surface area (Å²) in [5.74, 6) is 0.